The summed E-state index contributed by atoms with van der Waals surface area (Å²) in [6.07, 6.45) is 4.97. The van der Waals surface area contributed by atoms with Gasteiger partial charge in [-0.2, -0.15) is 14.6 Å². The Hall–Kier alpha value is -3.46. The lowest BCUT2D eigenvalue weighted by Gasteiger charge is -2.26. The predicted octanol–water partition coefficient (Wildman–Crippen LogP) is 2.97. The predicted molar refractivity (Wildman–Crippen MR) is 110 cm³/mol. The smallest absolute Gasteiger partial charge is 0.247 e. The van der Waals surface area contributed by atoms with Gasteiger partial charge in [-0.05, 0) is 62.1 Å². The molecule has 29 heavy (non-hydrogen) atoms. The molecule has 9 heteroatoms. The monoisotopic (exact) mass is 390 g/mol. The van der Waals surface area contributed by atoms with E-state index in [1.807, 2.05) is 47.0 Å². The van der Waals surface area contributed by atoms with E-state index in [9.17, 15) is 5.11 Å². The van der Waals surface area contributed by atoms with Crippen LogP contribution in [0.5, 0.6) is 0 Å². The van der Waals surface area contributed by atoms with Crippen molar-refractivity contribution in [1.29, 1.82) is 0 Å². The van der Waals surface area contributed by atoms with Gasteiger partial charge < -0.3 is 15.7 Å². The minimum atomic E-state index is -0.166. The van der Waals surface area contributed by atoms with Crippen molar-refractivity contribution in [3.8, 4) is 11.4 Å². The second-order valence-corrected chi connectivity index (χ2v) is 7.29. The molecule has 4 aromatic rings. The maximum Gasteiger partial charge on any atom is 0.247 e. The minimum absolute atomic E-state index is 0.166. The van der Waals surface area contributed by atoms with Gasteiger partial charge in [0.05, 0.1) is 6.10 Å². The number of aromatic nitrogens is 6. The highest BCUT2D eigenvalue weighted by atomic mass is 16.3. The Labute approximate surface area is 167 Å². The van der Waals surface area contributed by atoms with Crippen molar-refractivity contribution < 1.29 is 5.11 Å². The molecular weight excluding hydrogens is 368 g/mol. The van der Waals surface area contributed by atoms with Crippen LogP contribution >= 0.6 is 0 Å². The van der Waals surface area contributed by atoms with Gasteiger partial charge in [-0.3, -0.25) is 5.10 Å². The summed E-state index contributed by atoms with van der Waals surface area (Å²) in [5.41, 5.74) is 2.59. The van der Waals surface area contributed by atoms with Gasteiger partial charge >= 0.3 is 0 Å². The Morgan fingerprint density at radius 2 is 1.86 bits per heavy atom. The maximum atomic E-state index is 9.71. The lowest BCUT2D eigenvalue weighted by atomic mass is 9.93. The molecule has 0 aliphatic heterocycles. The lowest BCUT2D eigenvalue weighted by molar-refractivity contribution is 0.126. The molecule has 1 aromatic carbocycles. The third kappa shape index (κ3) is 3.77. The van der Waals surface area contributed by atoms with E-state index < -0.39 is 0 Å². The van der Waals surface area contributed by atoms with Crippen LogP contribution in [0, 0.1) is 0 Å². The van der Waals surface area contributed by atoms with Crippen molar-refractivity contribution in [1.82, 2.24) is 29.8 Å². The van der Waals surface area contributed by atoms with Gasteiger partial charge in [0.15, 0.2) is 11.5 Å². The van der Waals surface area contributed by atoms with Crippen LogP contribution in [0.4, 0.5) is 17.5 Å². The quantitative estimate of drug-likeness (QED) is 0.414. The van der Waals surface area contributed by atoms with Crippen molar-refractivity contribution in [3.63, 3.8) is 0 Å². The van der Waals surface area contributed by atoms with Crippen LogP contribution in [0.2, 0.25) is 0 Å². The molecule has 0 amide bonds. The topological polar surface area (TPSA) is 116 Å². The number of H-pyrrole nitrogens is 1. The highest BCUT2D eigenvalue weighted by molar-refractivity contribution is 5.63. The number of aromatic amines is 1. The van der Waals surface area contributed by atoms with Crippen LogP contribution in [0.1, 0.15) is 25.7 Å². The Balaban J connectivity index is 1.33. The summed E-state index contributed by atoms with van der Waals surface area (Å²) >= 11 is 0. The van der Waals surface area contributed by atoms with Crippen LogP contribution < -0.4 is 10.6 Å². The lowest BCUT2D eigenvalue weighted by Crippen LogP contribution is -2.29. The molecule has 0 unspecified atom stereocenters. The third-order valence-corrected chi connectivity index (χ3v) is 5.22. The highest BCUT2D eigenvalue weighted by Gasteiger charge is 2.20. The molecule has 0 atom stereocenters. The molecule has 3 heterocycles. The van der Waals surface area contributed by atoms with E-state index in [4.69, 9.17) is 0 Å². The second-order valence-electron chi connectivity index (χ2n) is 7.29. The number of benzene rings is 1. The summed E-state index contributed by atoms with van der Waals surface area (Å²) in [6.45, 7) is 0. The number of pyridine rings is 1. The fourth-order valence-electron chi connectivity index (χ4n) is 3.68. The Bertz CT molecular complexity index is 1080. The molecule has 1 fully saturated rings. The maximum absolute atomic E-state index is 9.71. The van der Waals surface area contributed by atoms with E-state index in [0.717, 1.165) is 48.4 Å². The molecule has 0 spiro atoms. The van der Waals surface area contributed by atoms with Crippen LogP contribution in [-0.2, 0) is 0 Å². The van der Waals surface area contributed by atoms with Gasteiger partial charge in [0.2, 0.25) is 5.95 Å². The van der Waals surface area contributed by atoms with E-state index >= 15 is 0 Å². The fourth-order valence-corrected chi connectivity index (χ4v) is 3.68. The van der Waals surface area contributed by atoms with Gasteiger partial charge in [0, 0.05) is 17.3 Å². The first-order valence-electron chi connectivity index (χ1n) is 9.78. The number of hydrogen-bond acceptors (Lipinski definition) is 7. The minimum Gasteiger partial charge on any atom is -0.393 e. The van der Waals surface area contributed by atoms with Gasteiger partial charge in [-0.15, -0.1) is 5.10 Å². The third-order valence-electron chi connectivity index (χ3n) is 5.22. The van der Waals surface area contributed by atoms with Crippen LogP contribution in [-0.4, -0.2) is 47.0 Å². The molecular formula is C20H22N8O. The average Bonchev–Trinajstić information content (AvgIpc) is 3.41. The number of anilines is 3. The summed E-state index contributed by atoms with van der Waals surface area (Å²) in [5.74, 6) is 2.10. The van der Waals surface area contributed by atoms with Crippen LogP contribution in [0.3, 0.4) is 0 Å². The van der Waals surface area contributed by atoms with E-state index in [0.29, 0.717) is 17.8 Å². The zero-order valence-electron chi connectivity index (χ0n) is 15.8. The Morgan fingerprint density at radius 3 is 2.62 bits per heavy atom. The van der Waals surface area contributed by atoms with E-state index in [2.05, 4.69) is 35.9 Å². The van der Waals surface area contributed by atoms with Crippen molar-refractivity contribution in [3.05, 3.63) is 48.8 Å². The molecule has 1 aliphatic carbocycles. The van der Waals surface area contributed by atoms with Crippen LogP contribution in [0.25, 0.3) is 17.0 Å². The fraction of sp³-hybridized carbons (Fsp3) is 0.300. The van der Waals surface area contributed by atoms with Crippen molar-refractivity contribution in [2.45, 2.75) is 37.8 Å². The molecule has 0 saturated heterocycles. The Morgan fingerprint density at radius 1 is 1.03 bits per heavy atom. The summed E-state index contributed by atoms with van der Waals surface area (Å²) in [4.78, 5) is 8.73. The van der Waals surface area contributed by atoms with Gasteiger partial charge in [0.25, 0.3) is 0 Å². The molecule has 148 valence electrons. The van der Waals surface area contributed by atoms with Crippen LogP contribution in [0.15, 0.2) is 48.8 Å². The first-order valence-corrected chi connectivity index (χ1v) is 9.78. The molecule has 9 nitrogen and oxygen atoms in total. The first kappa shape index (κ1) is 17.6. The molecule has 5 rings (SSSR count). The van der Waals surface area contributed by atoms with Crippen molar-refractivity contribution >= 4 is 23.1 Å². The summed E-state index contributed by atoms with van der Waals surface area (Å²) in [5, 5.41) is 27.9. The number of aliphatic hydroxyl groups excluding tert-OH is 1. The number of hydrogen-bond donors (Lipinski definition) is 4. The Kier molecular flexibility index (Phi) is 4.57. The number of fused-ring (bicyclic) bond motifs is 1. The zero-order valence-corrected chi connectivity index (χ0v) is 15.8. The highest BCUT2D eigenvalue weighted by Crippen LogP contribution is 2.24. The molecule has 4 N–H and O–H groups in total. The number of nitrogens with zero attached hydrogens (tertiary/aromatic N) is 5. The van der Waals surface area contributed by atoms with E-state index in [-0.39, 0.29) is 6.10 Å². The standard InChI is InChI=1S/C20H22N8O/c29-16-10-8-14(9-11-16)23-17-2-1-3-18-25-20(27-28(17)18)24-15-6-4-13(5-7-15)19-21-12-22-26-19/h1-7,12,14,16,23,29H,8-11H2,(H,24,27)(H,21,22,26). The van der Waals surface area contributed by atoms with E-state index in [1.165, 1.54) is 0 Å². The SMILES string of the molecule is OC1CCC(Nc2cccc3nc(Nc4ccc(-c5nc[nH]n5)cc4)nn23)CC1. The van der Waals surface area contributed by atoms with Crippen molar-refractivity contribution in [2.75, 3.05) is 10.6 Å². The van der Waals surface area contributed by atoms with E-state index in [1.54, 1.807) is 6.33 Å². The van der Waals surface area contributed by atoms with Crippen molar-refractivity contribution in [2.24, 2.45) is 0 Å². The molecule has 0 bridgehead atoms. The average molecular weight is 390 g/mol. The van der Waals surface area contributed by atoms with Gasteiger partial charge in [-0.25, -0.2) is 4.98 Å². The summed E-state index contributed by atoms with van der Waals surface area (Å²) in [7, 11) is 0. The molecule has 1 aliphatic rings. The molecule has 1 saturated carbocycles. The summed E-state index contributed by atoms with van der Waals surface area (Å²) < 4.78 is 1.81. The van der Waals surface area contributed by atoms with Gasteiger partial charge in [0.1, 0.15) is 12.1 Å². The van der Waals surface area contributed by atoms with Gasteiger partial charge in [-0.1, -0.05) is 6.07 Å². The molecule has 0 radical (unpaired) electrons. The summed E-state index contributed by atoms with van der Waals surface area (Å²) in [6, 6.07) is 14.0. The number of aliphatic hydroxyl groups is 1. The zero-order chi connectivity index (χ0) is 19.6. The normalized spacial score (nSPS) is 19.3. The molecule has 3 aromatic heterocycles. The first-order chi connectivity index (χ1) is 14.2. The number of rotatable bonds is 5. The largest absolute Gasteiger partial charge is 0.393 e. The number of nitrogens with one attached hydrogen (secondary N) is 3. The second kappa shape index (κ2) is 7.51.